The fraction of sp³-hybridized carbons (Fsp3) is 0.800. The first kappa shape index (κ1) is 18.9. The van der Waals surface area contributed by atoms with Crippen molar-refractivity contribution in [3.8, 4) is 0 Å². The number of nitrogens with zero attached hydrogens (tertiary/aromatic N) is 1. The molecule has 0 bridgehead atoms. The van der Waals surface area contributed by atoms with Crippen LogP contribution >= 0.6 is 12.4 Å². The summed E-state index contributed by atoms with van der Waals surface area (Å²) < 4.78 is 0. The molecule has 0 aromatic rings. The Morgan fingerprint density at radius 1 is 1.36 bits per heavy atom. The van der Waals surface area contributed by atoms with E-state index in [2.05, 4.69) is 5.32 Å². The van der Waals surface area contributed by atoms with Crippen LogP contribution < -0.4 is 11.1 Å². The number of nitrogens with two attached hydrogens (primary N) is 1. The molecule has 2 rings (SSSR count). The van der Waals surface area contributed by atoms with Crippen LogP contribution in [0, 0.1) is 5.92 Å². The van der Waals surface area contributed by atoms with Gasteiger partial charge in [0, 0.05) is 11.6 Å². The maximum atomic E-state index is 12.4. The topological polar surface area (TPSA) is 92.5 Å². The van der Waals surface area contributed by atoms with Gasteiger partial charge in [0.15, 0.2) is 0 Å². The summed E-state index contributed by atoms with van der Waals surface area (Å²) in [5.74, 6) is -1.02. The molecule has 1 aliphatic heterocycles. The van der Waals surface area contributed by atoms with Crippen LogP contribution in [-0.2, 0) is 14.4 Å². The first-order valence-corrected chi connectivity index (χ1v) is 7.69. The second-order valence-electron chi connectivity index (χ2n) is 6.77. The first-order valence-electron chi connectivity index (χ1n) is 7.69. The molecule has 1 heterocycles. The molecule has 126 valence electrons. The van der Waals surface area contributed by atoms with Crippen molar-refractivity contribution in [3.05, 3.63) is 0 Å². The molecule has 6 nitrogen and oxygen atoms in total. The molecule has 0 aromatic carbocycles. The van der Waals surface area contributed by atoms with Crippen molar-refractivity contribution in [2.75, 3.05) is 0 Å². The molecule has 22 heavy (non-hydrogen) atoms. The molecule has 3 atom stereocenters. The molecule has 7 heteroatoms. The van der Waals surface area contributed by atoms with Gasteiger partial charge in [0.1, 0.15) is 6.04 Å². The molecule has 2 fully saturated rings. The summed E-state index contributed by atoms with van der Waals surface area (Å²) >= 11 is 0. The summed E-state index contributed by atoms with van der Waals surface area (Å²) in [5, 5.41) is 2.74. The van der Waals surface area contributed by atoms with Crippen molar-refractivity contribution < 1.29 is 14.4 Å². The molecule has 3 unspecified atom stereocenters. The van der Waals surface area contributed by atoms with Crippen molar-refractivity contribution in [1.29, 1.82) is 0 Å². The van der Waals surface area contributed by atoms with Crippen LogP contribution in [0.15, 0.2) is 0 Å². The highest BCUT2D eigenvalue weighted by Gasteiger charge is 2.44. The first-order chi connectivity index (χ1) is 9.74. The molecule has 0 spiro atoms. The molecule has 0 aromatic heterocycles. The van der Waals surface area contributed by atoms with Gasteiger partial charge >= 0.3 is 0 Å². The van der Waals surface area contributed by atoms with E-state index in [0.29, 0.717) is 0 Å². The lowest BCUT2D eigenvalue weighted by molar-refractivity contribution is -0.142. The van der Waals surface area contributed by atoms with Gasteiger partial charge in [-0.15, -0.1) is 12.4 Å². The zero-order valence-corrected chi connectivity index (χ0v) is 14.2. The minimum Gasteiger partial charge on any atom is -0.343 e. The minimum atomic E-state index is -0.731. The van der Waals surface area contributed by atoms with Crippen molar-refractivity contribution in [2.24, 2.45) is 11.7 Å². The summed E-state index contributed by atoms with van der Waals surface area (Å²) in [6, 6.07) is -0.911. The van der Waals surface area contributed by atoms with E-state index in [9.17, 15) is 14.4 Å². The van der Waals surface area contributed by atoms with E-state index in [4.69, 9.17) is 5.73 Å². The summed E-state index contributed by atoms with van der Waals surface area (Å²) in [6.07, 6.45) is 3.60. The third-order valence-electron chi connectivity index (χ3n) is 4.59. The SMILES string of the molecule is CC(C)N1C(=O)CC(NC(=O)C2CCCCC2(C)N)C1=O.Cl. The molecule has 0 radical (unpaired) electrons. The number of hydrogen-bond donors (Lipinski definition) is 2. The van der Waals surface area contributed by atoms with E-state index in [0.717, 1.165) is 25.7 Å². The summed E-state index contributed by atoms with van der Waals surface area (Å²) in [7, 11) is 0. The maximum Gasteiger partial charge on any atom is 0.252 e. The lowest BCUT2D eigenvalue weighted by Gasteiger charge is -2.37. The van der Waals surface area contributed by atoms with Crippen LogP contribution in [-0.4, -0.2) is 40.2 Å². The Kier molecular flexibility index (Phi) is 5.98. The summed E-state index contributed by atoms with van der Waals surface area (Å²) in [4.78, 5) is 37.7. The lowest BCUT2D eigenvalue weighted by atomic mass is 9.74. The van der Waals surface area contributed by atoms with Gasteiger partial charge in [-0.1, -0.05) is 12.8 Å². The number of halogens is 1. The van der Waals surface area contributed by atoms with Crippen molar-refractivity contribution in [2.45, 2.75) is 70.5 Å². The second kappa shape index (κ2) is 6.96. The fourth-order valence-electron chi connectivity index (χ4n) is 3.37. The quantitative estimate of drug-likeness (QED) is 0.754. The number of carbonyl (C=O) groups is 3. The molecule has 1 aliphatic carbocycles. The molecule has 1 saturated heterocycles. The third kappa shape index (κ3) is 3.60. The van der Waals surface area contributed by atoms with Gasteiger partial charge in [0.2, 0.25) is 11.8 Å². The molecule has 3 N–H and O–H groups in total. The average Bonchev–Trinajstić information content (AvgIpc) is 2.63. The predicted molar refractivity (Wildman–Crippen MR) is 85.3 cm³/mol. The predicted octanol–water partition coefficient (Wildman–Crippen LogP) is 0.968. The van der Waals surface area contributed by atoms with E-state index in [1.54, 1.807) is 13.8 Å². The Hall–Kier alpha value is -1.14. The van der Waals surface area contributed by atoms with E-state index in [1.165, 1.54) is 4.90 Å². The Labute approximate surface area is 137 Å². The number of rotatable bonds is 3. The molecular weight excluding hydrogens is 306 g/mol. The number of likely N-dealkylation sites (tertiary alicyclic amines) is 1. The number of nitrogens with one attached hydrogen (secondary N) is 1. The largest absolute Gasteiger partial charge is 0.343 e. The average molecular weight is 332 g/mol. The zero-order valence-electron chi connectivity index (χ0n) is 13.4. The van der Waals surface area contributed by atoms with Gasteiger partial charge < -0.3 is 11.1 Å². The molecular formula is C15H26ClN3O3. The molecule has 2 aliphatic rings. The Morgan fingerprint density at radius 2 is 2.00 bits per heavy atom. The monoisotopic (exact) mass is 331 g/mol. The number of amides is 3. The van der Waals surface area contributed by atoms with Crippen LogP contribution in [0.3, 0.4) is 0 Å². The Balaban J connectivity index is 0.00000242. The van der Waals surface area contributed by atoms with Gasteiger partial charge in [-0.2, -0.15) is 0 Å². The van der Waals surface area contributed by atoms with Crippen molar-refractivity contribution >= 4 is 30.1 Å². The van der Waals surface area contributed by atoms with Gasteiger partial charge in [0.05, 0.1) is 12.3 Å². The number of hydrogen-bond acceptors (Lipinski definition) is 4. The van der Waals surface area contributed by atoms with Crippen LogP contribution in [0.2, 0.25) is 0 Å². The highest BCUT2D eigenvalue weighted by atomic mass is 35.5. The van der Waals surface area contributed by atoms with Gasteiger partial charge in [-0.25, -0.2) is 0 Å². The number of carbonyl (C=O) groups excluding carboxylic acids is 3. The smallest absolute Gasteiger partial charge is 0.252 e. The molecule has 3 amide bonds. The highest BCUT2D eigenvalue weighted by molar-refractivity contribution is 6.07. The second-order valence-corrected chi connectivity index (χ2v) is 6.77. The zero-order chi connectivity index (χ0) is 15.8. The lowest BCUT2D eigenvalue weighted by Crippen LogP contribution is -2.55. The normalized spacial score (nSPS) is 32.1. The van der Waals surface area contributed by atoms with Crippen LogP contribution in [0.1, 0.15) is 52.9 Å². The van der Waals surface area contributed by atoms with E-state index < -0.39 is 11.6 Å². The van der Waals surface area contributed by atoms with Gasteiger partial charge in [-0.05, 0) is 33.6 Å². The number of imide groups is 1. The van der Waals surface area contributed by atoms with E-state index in [-0.39, 0.29) is 48.5 Å². The molecule has 1 saturated carbocycles. The third-order valence-corrected chi connectivity index (χ3v) is 4.59. The minimum absolute atomic E-state index is 0. The summed E-state index contributed by atoms with van der Waals surface area (Å²) in [6.45, 7) is 5.47. The maximum absolute atomic E-state index is 12.4. The highest BCUT2D eigenvalue weighted by Crippen LogP contribution is 2.32. The van der Waals surface area contributed by atoms with Crippen molar-refractivity contribution in [1.82, 2.24) is 10.2 Å². The Bertz CT molecular complexity index is 465. The Morgan fingerprint density at radius 3 is 2.50 bits per heavy atom. The van der Waals surface area contributed by atoms with Crippen LogP contribution in [0.5, 0.6) is 0 Å². The standard InChI is InChI=1S/C15H25N3O3.ClH/c1-9(2)18-12(19)8-11(14(18)21)17-13(20)10-6-4-5-7-15(10,3)16;/h9-11H,4-8,16H2,1-3H3,(H,17,20);1H. The summed E-state index contributed by atoms with van der Waals surface area (Å²) in [5.41, 5.74) is 5.68. The fourth-order valence-corrected chi connectivity index (χ4v) is 3.37. The van der Waals surface area contributed by atoms with Crippen molar-refractivity contribution in [3.63, 3.8) is 0 Å². The van der Waals surface area contributed by atoms with Crippen LogP contribution in [0.25, 0.3) is 0 Å². The van der Waals surface area contributed by atoms with Gasteiger partial charge in [0.25, 0.3) is 5.91 Å². The van der Waals surface area contributed by atoms with Crippen LogP contribution in [0.4, 0.5) is 0 Å². The van der Waals surface area contributed by atoms with E-state index >= 15 is 0 Å². The van der Waals surface area contributed by atoms with E-state index in [1.807, 2.05) is 6.92 Å². The van der Waals surface area contributed by atoms with Gasteiger partial charge in [-0.3, -0.25) is 19.3 Å².